The zero-order chi connectivity index (χ0) is 15.6. The minimum atomic E-state index is -0.880. The van der Waals surface area contributed by atoms with Crippen LogP contribution in [0.4, 0.5) is 0 Å². The molecule has 1 aromatic heterocycles. The van der Waals surface area contributed by atoms with Crippen LogP contribution < -0.4 is 0 Å². The van der Waals surface area contributed by atoms with Crippen LogP contribution in [0.15, 0.2) is 24.4 Å². The number of aliphatic carboxylic acids is 1. The molecule has 1 atom stereocenters. The fourth-order valence-corrected chi connectivity index (χ4v) is 2.00. The zero-order valence-corrected chi connectivity index (χ0v) is 13.0. The summed E-state index contributed by atoms with van der Waals surface area (Å²) in [6.45, 7) is 2.00. The molecule has 21 heavy (non-hydrogen) atoms. The summed E-state index contributed by atoms with van der Waals surface area (Å²) in [6.07, 6.45) is 1.73. The zero-order valence-electron chi connectivity index (χ0n) is 11.5. The summed E-state index contributed by atoms with van der Waals surface area (Å²) < 4.78 is 1.57. The fourth-order valence-electron chi connectivity index (χ4n) is 1.71. The van der Waals surface area contributed by atoms with E-state index in [1.54, 1.807) is 47.9 Å². The van der Waals surface area contributed by atoms with Crippen molar-refractivity contribution in [2.45, 2.75) is 19.5 Å². The lowest BCUT2D eigenvalue weighted by Gasteiger charge is -2.19. The standard InChI is InChI=1S/C13H14Cl2N4O2/c1-8(13(20)21)18(2)6-9-7-19(17-16-9)10-3-4-11(14)12(15)5-10/h3-5,7-8H,6H2,1-2H3,(H,20,21). The van der Waals surface area contributed by atoms with E-state index in [0.29, 0.717) is 22.3 Å². The van der Waals surface area contributed by atoms with Crippen molar-refractivity contribution in [2.75, 3.05) is 7.05 Å². The number of likely N-dealkylation sites (N-methyl/N-ethyl adjacent to an activating group) is 1. The molecule has 0 spiro atoms. The van der Waals surface area contributed by atoms with Gasteiger partial charge in [0, 0.05) is 6.54 Å². The van der Waals surface area contributed by atoms with E-state index < -0.39 is 12.0 Å². The van der Waals surface area contributed by atoms with Crippen LogP contribution in [0.1, 0.15) is 12.6 Å². The molecule has 0 fully saturated rings. The second kappa shape index (κ2) is 6.43. The van der Waals surface area contributed by atoms with Crippen LogP contribution in [0.3, 0.4) is 0 Å². The molecule has 0 saturated carbocycles. The van der Waals surface area contributed by atoms with Crippen LogP contribution in [0, 0.1) is 0 Å². The van der Waals surface area contributed by atoms with Gasteiger partial charge in [-0.05, 0) is 32.2 Å². The van der Waals surface area contributed by atoms with Gasteiger partial charge in [0.25, 0.3) is 0 Å². The van der Waals surface area contributed by atoms with Gasteiger partial charge in [0.15, 0.2) is 0 Å². The number of carboxylic acid groups (broad SMARTS) is 1. The molecule has 0 bridgehead atoms. The molecule has 0 aliphatic rings. The van der Waals surface area contributed by atoms with E-state index in [-0.39, 0.29) is 0 Å². The second-order valence-electron chi connectivity index (χ2n) is 4.68. The molecule has 1 aromatic carbocycles. The van der Waals surface area contributed by atoms with Crippen molar-refractivity contribution in [1.29, 1.82) is 0 Å². The van der Waals surface area contributed by atoms with Crippen molar-refractivity contribution in [3.05, 3.63) is 40.1 Å². The van der Waals surface area contributed by atoms with Gasteiger partial charge in [0.1, 0.15) is 6.04 Å². The van der Waals surface area contributed by atoms with Gasteiger partial charge >= 0.3 is 5.97 Å². The SMILES string of the molecule is CC(C(=O)O)N(C)Cc1cn(-c2ccc(Cl)c(Cl)c2)nn1. The van der Waals surface area contributed by atoms with E-state index in [0.717, 1.165) is 5.69 Å². The molecular formula is C13H14Cl2N4O2. The molecule has 0 amide bonds. The Morgan fingerprint density at radius 2 is 2.14 bits per heavy atom. The quantitative estimate of drug-likeness (QED) is 0.912. The van der Waals surface area contributed by atoms with Crippen molar-refractivity contribution in [3.8, 4) is 5.69 Å². The van der Waals surface area contributed by atoms with E-state index >= 15 is 0 Å². The first-order chi connectivity index (χ1) is 9.88. The average molecular weight is 329 g/mol. The van der Waals surface area contributed by atoms with Crippen molar-refractivity contribution >= 4 is 29.2 Å². The van der Waals surface area contributed by atoms with E-state index in [1.807, 2.05) is 0 Å². The van der Waals surface area contributed by atoms with Crippen LogP contribution in [0.5, 0.6) is 0 Å². The summed E-state index contributed by atoms with van der Waals surface area (Å²) in [6, 6.07) is 4.54. The highest BCUT2D eigenvalue weighted by atomic mass is 35.5. The molecule has 2 aromatic rings. The van der Waals surface area contributed by atoms with Crippen molar-refractivity contribution < 1.29 is 9.90 Å². The first-order valence-corrected chi connectivity index (χ1v) is 6.93. The van der Waals surface area contributed by atoms with Gasteiger partial charge in [-0.3, -0.25) is 9.69 Å². The third kappa shape index (κ3) is 3.72. The Kier molecular flexibility index (Phi) is 4.82. The smallest absolute Gasteiger partial charge is 0.320 e. The highest BCUT2D eigenvalue weighted by Crippen LogP contribution is 2.24. The molecular weight excluding hydrogens is 315 g/mol. The van der Waals surface area contributed by atoms with Gasteiger partial charge in [-0.1, -0.05) is 28.4 Å². The Morgan fingerprint density at radius 1 is 1.43 bits per heavy atom. The maximum atomic E-state index is 10.9. The first kappa shape index (κ1) is 15.8. The fraction of sp³-hybridized carbons (Fsp3) is 0.308. The van der Waals surface area contributed by atoms with Gasteiger partial charge in [0.05, 0.1) is 27.6 Å². The molecule has 6 nitrogen and oxygen atoms in total. The number of rotatable bonds is 5. The predicted molar refractivity (Wildman–Crippen MR) is 79.9 cm³/mol. The maximum Gasteiger partial charge on any atom is 0.320 e. The largest absolute Gasteiger partial charge is 0.480 e. The minimum Gasteiger partial charge on any atom is -0.480 e. The Morgan fingerprint density at radius 3 is 2.76 bits per heavy atom. The lowest BCUT2D eigenvalue weighted by atomic mass is 10.3. The minimum absolute atomic E-state index is 0.384. The Balaban J connectivity index is 2.14. The van der Waals surface area contributed by atoms with Crippen LogP contribution in [-0.4, -0.2) is 44.1 Å². The normalized spacial score (nSPS) is 12.6. The maximum absolute atomic E-state index is 10.9. The Labute approximate surface area is 131 Å². The number of benzene rings is 1. The number of carbonyl (C=O) groups is 1. The van der Waals surface area contributed by atoms with Gasteiger partial charge in [-0.15, -0.1) is 5.10 Å². The molecule has 2 rings (SSSR count). The van der Waals surface area contributed by atoms with E-state index in [9.17, 15) is 4.79 Å². The average Bonchev–Trinajstić information content (AvgIpc) is 2.89. The molecule has 1 unspecified atom stereocenters. The van der Waals surface area contributed by atoms with E-state index in [4.69, 9.17) is 28.3 Å². The lowest BCUT2D eigenvalue weighted by Crippen LogP contribution is -2.35. The van der Waals surface area contributed by atoms with E-state index in [2.05, 4.69) is 10.3 Å². The molecule has 1 N–H and O–H groups in total. The highest BCUT2D eigenvalue weighted by Gasteiger charge is 2.18. The molecule has 112 valence electrons. The summed E-state index contributed by atoms with van der Waals surface area (Å²) in [4.78, 5) is 12.6. The molecule has 0 aliphatic heterocycles. The molecule has 0 saturated heterocycles. The number of aromatic nitrogens is 3. The topological polar surface area (TPSA) is 71.2 Å². The van der Waals surface area contributed by atoms with E-state index in [1.165, 1.54) is 0 Å². The lowest BCUT2D eigenvalue weighted by molar-refractivity contribution is -0.142. The monoisotopic (exact) mass is 328 g/mol. The molecule has 1 heterocycles. The summed E-state index contributed by atoms with van der Waals surface area (Å²) >= 11 is 11.8. The molecule has 0 aliphatic carbocycles. The van der Waals surface area contributed by atoms with Crippen molar-refractivity contribution in [2.24, 2.45) is 0 Å². The third-order valence-electron chi connectivity index (χ3n) is 3.14. The van der Waals surface area contributed by atoms with Crippen LogP contribution >= 0.6 is 23.2 Å². The van der Waals surface area contributed by atoms with Gasteiger partial charge in [0.2, 0.25) is 0 Å². The van der Waals surface area contributed by atoms with Gasteiger partial charge < -0.3 is 5.11 Å². The van der Waals surface area contributed by atoms with Crippen LogP contribution in [0.25, 0.3) is 5.69 Å². The van der Waals surface area contributed by atoms with Gasteiger partial charge in [-0.2, -0.15) is 0 Å². The van der Waals surface area contributed by atoms with Crippen molar-refractivity contribution in [3.63, 3.8) is 0 Å². The van der Waals surface area contributed by atoms with Crippen molar-refractivity contribution in [1.82, 2.24) is 19.9 Å². The summed E-state index contributed by atoms with van der Waals surface area (Å²) in [5.41, 5.74) is 1.40. The Bertz CT molecular complexity index is 659. The summed E-state index contributed by atoms with van der Waals surface area (Å²) in [7, 11) is 1.72. The number of hydrogen-bond acceptors (Lipinski definition) is 4. The number of hydrogen-bond donors (Lipinski definition) is 1. The highest BCUT2D eigenvalue weighted by molar-refractivity contribution is 6.42. The number of carboxylic acids is 1. The summed E-state index contributed by atoms with van der Waals surface area (Å²) in [5, 5.41) is 17.9. The molecule has 0 radical (unpaired) electrons. The predicted octanol–water partition coefficient (Wildman–Crippen LogP) is 2.48. The van der Waals surface area contributed by atoms with Gasteiger partial charge in [-0.25, -0.2) is 4.68 Å². The Hall–Kier alpha value is -1.63. The second-order valence-corrected chi connectivity index (χ2v) is 5.50. The van der Waals surface area contributed by atoms with Crippen LogP contribution in [0.2, 0.25) is 10.0 Å². The molecule has 8 heteroatoms. The third-order valence-corrected chi connectivity index (χ3v) is 3.88. The summed E-state index contributed by atoms with van der Waals surface area (Å²) in [5.74, 6) is -0.880. The van der Waals surface area contributed by atoms with Crippen LogP contribution in [-0.2, 0) is 11.3 Å². The number of halogens is 2. The number of nitrogens with zero attached hydrogens (tertiary/aromatic N) is 4. The first-order valence-electron chi connectivity index (χ1n) is 6.18.